The molecule has 0 spiro atoms. The average molecular weight is 296 g/mol. The number of carbonyl (C=O) groups excluding carboxylic acids is 2. The number of amides is 2. The van der Waals surface area contributed by atoms with Gasteiger partial charge in [-0.05, 0) is 24.5 Å². The molecule has 6 heteroatoms. The third-order valence-electron chi connectivity index (χ3n) is 3.58. The number of anilines is 1. The molecule has 1 saturated heterocycles. The van der Waals surface area contributed by atoms with Gasteiger partial charge in [-0.15, -0.1) is 0 Å². The molecule has 1 aliphatic rings. The fraction of sp³-hybridized carbons (Fsp3) is 0.467. The first-order chi connectivity index (χ1) is 9.64. The number of halogens is 2. The number of hydrogen-bond donors (Lipinski definition) is 1. The lowest BCUT2D eigenvalue weighted by Gasteiger charge is -2.42. The van der Waals surface area contributed by atoms with E-state index in [4.69, 9.17) is 0 Å². The lowest BCUT2D eigenvalue weighted by atomic mass is 9.84. The highest BCUT2D eigenvalue weighted by Gasteiger charge is 2.45. The van der Waals surface area contributed by atoms with Gasteiger partial charge in [-0.2, -0.15) is 0 Å². The van der Waals surface area contributed by atoms with E-state index in [9.17, 15) is 18.4 Å². The van der Waals surface area contributed by atoms with Gasteiger partial charge in [0.1, 0.15) is 29.4 Å². The van der Waals surface area contributed by atoms with Crippen molar-refractivity contribution in [2.24, 2.45) is 5.41 Å². The summed E-state index contributed by atoms with van der Waals surface area (Å²) in [5.74, 6) is -2.68. The number of carbonyl (C=O) groups is 2. The van der Waals surface area contributed by atoms with Crippen molar-refractivity contribution in [3.8, 4) is 0 Å². The van der Waals surface area contributed by atoms with Gasteiger partial charge in [0.15, 0.2) is 0 Å². The molecule has 0 radical (unpaired) electrons. The van der Waals surface area contributed by atoms with Crippen molar-refractivity contribution in [1.29, 1.82) is 0 Å². The molecule has 2 unspecified atom stereocenters. The molecule has 2 atom stereocenters. The summed E-state index contributed by atoms with van der Waals surface area (Å²) in [7, 11) is 0. The van der Waals surface area contributed by atoms with Crippen LogP contribution in [0.4, 0.5) is 14.5 Å². The Bertz CT molecular complexity index is 576. The van der Waals surface area contributed by atoms with Crippen LogP contribution in [0.1, 0.15) is 27.7 Å². The third-order valence-corrected chi connectivity index (χ3v) is 3.58. The Morgan fingerprint density at radius 3 is 2.14 bits per heavy atom. The highest BCUT2D eigenvalue weighted by atomic mass is 19.1. The molecule has 0 saturated carbocycles. The second-order valence-electron chi connectivity index (χ2n) is 6.26. The summed E-state index contributed by atoms with van der Waals surface area (Å²) >= 11 is 0. The van der Waals surface area contributed by atoms with E-state index in [2.05, 4.69) is 5.32 Å². The molecule has 1 N–H and O–H groups in total. The smallest absolute Gasteiger partial charge is 0.251 e. The zero-order chi connectivity index (χ0) is 15.9. The molecule has 4 nitrogen and oxygen atoms in total. The number of benzene rings is 1. The largest absolute Gasteiger partial charge is 0.342 e. The van der Waals surface area contributed by atoms with Gasteiger partial charge in [-0.3, -0.25) is 14.5 Å². The molecule has 2 amide bonds. The summed E-state index contributed by atoms with van der Waals surface area (Å²) in [4.78, 5) is 25.6. The van der Waals surface area contributed by atoms with Crippen molar-refractivity contribution in [2.75, 3.05) is 4.90 Å². The van der Waals surface area contributed by atoms with E-state index in [1.165, 1.54) is 13.0 Å². The highest BCUT2D eigenvalue weighted by molar-refractivity contribution is 6.08. The normalized spacial score (nSPS) is 23.2. The fourth-order valence-electron chi connectivity index (χ4n) is 2.38. The molecule has 0 aromatic heterocycles. The summed E-state index contributed by atoms with van der Waals surface area (Å²) in [6.07, 6.45) is 0. The predicted molar refractivity (Wildman–Crippen MR) is 74.7 cm³/mol. The summed E-state index contributed by atoms with van der Waals surface area (Å²) in [6, 6.07) is 1.55. The maximum atomic E-state index is 14.0. The molecule has 1 fully saturated rings. The Labute approximate surface area is 122 Å². The Hall–Kier alpha value is -1.98. The van der Waals surface area contributed by atoms with E-state index in [1.807, 2.05) is 0 Å². The van der Waals surface area contributed by atoms with Crippen LogP contribution in [0.5, 0.6) is 0 Å². The first-order valence-corrected chi connectivity index (χ1v) is 6.72. The van der Waals surface area contributed by atoms with Gasteiger partial charge in [0, 0.05) is 0 Å². The van der Waals surface area contributed by atoms with Gasteiger partial charge in [0.05, 0.1) is 0 Å². The molecule has 0 aliphatic carbocycles. The monoisotopic (exact) mass is 296 g/mol. The van der Waals surface area contributed by atoms with E-state index < -0.39 is 46.6 Å². The summed E-state index contributed by atoms with van der Waals surface area (Å²) < 4.78 is 27.9. The third kappa shape index (κ3) is 2.62. The Kier molecular flexibility index (Phi) is 3.74. The second kappa shape index (κ2) is 5.09. The SMILES string of the molecule is CC1C(=O)NC(C(C)(C)C)C(=O)N1c1c(F)cccc1F. The minimum absolute atomic E-state index is 0.433. The predicted octanol–water partition coefficient (Wildman–Crippen LogP) is 2.23. The molecular formula is C15H18F2N2O2. The average Bonchev–Trinajstić information content (AvgIpc) is 2.36. The number of rotatable bonds is 1. The van der Waals surface area contributed by atoms with Crippen LogP contribution in [0, 0.1) is 17.0 Å². The zero-order valence-corrected chi connectivity index (χ0v) is 12.4. The Balaban J connectivity index is 2.54. The van der Waals surface area contributed by atoms with Gasteiger partial charge in [0.25, 0.3) is 5.91 Å². The number of hydrogen-bond acceptors (Lipinski definition) is 2. The van der Waals surface area contributed by atoms with Crippen LogP contribution >= 0.6 is 0 Å². The standard InChI is InChI=1S/C15H18F2N2O2/c1-8-13(20)18-12(15(2,3)4)14(21)19(8)11-9(16)6-5-7-10(11)17/h5-8,12H,1-4H3,(H,18,20). The van der Waals surface area contributed by atoms with Gasteiger partial charge in [-0.1, -0.05) is 26.8 Å². The van der Waals surface area contributed by atoms with Crippen LogP contribution in [0.3, 0.4) is 0 Å². The number of para-hydroxylation sites is 1. The molecule has 0 bridgehead atoms. The van der Waals surface area contributed by atoms with Crippen LogP contribution in [0.2, 0.25) is 0 Å². The van der Waals surface area contributed by atoms with Gasteiger partial charge >= 0.3 is 0 Å². The molecular weight excluding hydrogens is 278 g/mol. The summed E-state index contributed by atoms with van der Waals surface area (Å²) in [6.45, 7) is 6.78. The molecule has 1 aromatic rings. The Morgan fingerprint density at radius 2 is 1.67 bits per heavy atom. The summed E-state index contributed by atoms with van der Waals surface area (Å²) in [5.41, 5.74) is -1.04. The molecule has 2 rings (SSSR count). The lowest BCUT2D eigenvalue weighted by Crippen LogP contribution is -2.66. The summed E-state index contributed by atoms with van der Waals surface area (Å²) in [5, 5.41) is 2.62. The van der Waals surface area contributed by atoms with Crippen molar-refractivity contribution in [2.45, 2.75) is 39.8 Å². The van der Waals surface area contributed by atoms with E-state index in [1.54, 1.807) is 20.8 Å². The zero-order valence-electron chi connectivity index (χ0n) is 12.4. The van der Waals surface area contributed by atoms with E-state index in [-0.39, 0.29) is 0 Å². The van der Waals surface area contributed by atoms with E-state index in [0.29, 0.717) is 0 Å². The number of nitrogens with zero attached hydrogens (tertiary/aromatic N) is 1. The van der Waals surface area contributed by atoms with Crippen LogP contribution in [0.15, 0.2) is 18.2 Å². The highest BCUT2D eigenvalue weighted by Crippen LogP contribution is 2.31. The molecule has 114 valence electrons. The molecule has 21 heavy (non-hydrogen) atoms. The minimum Gasteiger partial charge on any atom is -0.342 e. The Morgan fingerprint density at radius 1 is 1.14 bits per heavy atom. The first kappa shape index (κ1) is 15.4. The van der Waals surface area contributed by atoms with Crippen LogP contribution < -0.4 is 10.2 Å². The van der Waals surface area contributed by atoms with E-state index in [0.717, 1.165) is 17.0 Å². The lowest BCUT2D eigenvalue weighted by molar-refractivity contribution is -0.136. The van der Waals surface area contributed by atoms with E-state index >= 15 is 0 Å². The van der Waals surface area contributed by atoms with Crippen LogP contribution in [-0.2, 0) is 9.59 Å². The fourth-order valence-corrected chi connectivity index (χ4v) is 2.38. The van der Waals surface area contributed by atoms with Crippen molar-refractivity contribution >= 4 is 17.5 Å². The van der Waals surface area contributed by atoms with Crippen molar-refractivity contribution in [3.05, 3.63) is 29.8 Å². The topological polar surface area (TPSA) is 49.4 Å². The van der Waals surface area contributed by atoms with Crippen molar-refractivity contribution in [1.82, 2.24) is 5.32 Å². The first-order valence-electron chi connectivity index (χ1n) is 6.72. The van der Waals surface area contributed by atoms with Gasteiger partial charge in [-0.25, -0.2) is 8.78 Å². The number of nitrogens with one attached hydrogen (secondary N) is 1. The van der Waals surface area contributed by atoms with Crippen molar-refractivity contribution in [3.63, 3.8) is 0 Å². The number of piperazine rings is 1. The second-order valence-corrected chi connectivity index (χ2v) is 6.26. The molecule has 1 aliphatic heterocycles. The van der Waals surface area contributed by atoms with Crippen LogP contribution in [0.25, 0.3) is 0 Å². The van der Waals surface area contributed by atoms with Gasteiger partial charge in [0.2, 0.25) is 5.91 Å². The quantitative estimate of drug-likeness (QED) is 0.864. The molecule has 1 aromatic carbocycles. The maximum Gasteiger partial charge on any atom is 0.251 e. The van der Waals surface area contributed by atoms with Gasteiger partial charge < -0.3 is 5.32 Å². The molecule has 1 heterocycles. The van der Waals surface area contributed by atoms with Crippen molar-refractivity contribution < 1.29 is 18.4 Å². The minimum atomic E-state index is -0.970. The van der Waals surface area contributed by atoms with Crippen LogP contribution in [-0.4, -0.2) is 23.9 Å². The maximum absolute atomic E-state index is 14.0.